The highest BCUT2D eigenvalue weighted by Gasteiger charge is 2.14. The Bertz CT molecular complexity index is 537. The summed E-state index contributed by atoms with van der Waals surface area (Å²) in [6.45, 7) is 0. The third-order valence-corrected chi connectivity index (χ3v) is 4.52. The zero-order valence-electron chi connectivity index (χ0n) is 11.7. The summed E-state index contributed by atoms with van der Waals surface area (Å²) in [6, 6.07) is 6.28. The lowest BCUT2D eigenvalue weighted by Gasteiger charge is -2.21. The van der Waals surface area contributed by atoms with Gasteiger partial charge in [0.2, 0.25) is 0 Å². The van der Waals surface area contributed by atoms with Crippen molar-refractivity contribution >= 4 is 10.9 Å². The van der Waals surface area contributed by atoms with E-state index < -0.39 is 0 Å². The van der Waals surface area contributed by atoms with Gasteiger partial charge in [-0.3, -0.25) is 0 Å². The molecule has 0 radical (unpaired) electrons. The van der Waals surface area contributed by atoms with Crippen molar-refractivity contribution in [3.63, 3.8) is 0 Å². The second-order valence-electron chi connectivity index (χ2n) is 5.77. The first-order chi connectivity index (χ1) is 9.36. The molecule has 1 fully saturated rings. The number of methoxy groups -OCH3 is 1. The minimum absolute atomic E-state index is 0.948. The van der Waals surface area contributed by atoms with Gasteiger partial charge >= 0.3 is 0 Å². The van der Waals surface area contributed by atoms with Crippen LogP contribution in [0.25, 0.3) is 10.9 Å². The molecule has 1 aromatic carbocycles. The van der Waals surface area contributed by atoms with E-state index in [0.717, 1.165) is 11.7 Å². The quantitative estimate of drug-likeness (QED) is 0.844. The van der Waals surface area contributed by atoms with E-state index in [0.29, 0.717) is 0 Å². The Kier molecular flexibility index (Phi) is 3.77. The molecule has 19 heavy (non-hydrogen) atoms. The van der Waals surface area contributed by atoms with Crippen molar-refractivity contribution in [1.29, 1.82) is 0 Å². The predicted octanol–water partition coefficient (Wildman–Crippen LogP) is 4.69. The Morgan fingerprint density at radius 1 is 1.21 bits per heavy atom. The smallest absolute Gasteiger partial charge is 0.119 e. The zero-order valence-corrected chi connectivity index (χ0v) is 11.7. The number of rotatable bonds is 4. The number of aryl methyl sites for hydroxylation is 1. The van der Waals surface area contributed by atoms with Crippen LogP contribution in [0.1, 0.15) is 44.1 Å². The molecular formula is C17H23NO. The van der Waals surface area contributed by atoms with Crippen LogP contribution in [0.2, 0.25) is 0 Å². The van der Waals surface area contributed by atoms with Gasteiger partial charge in [0, 0.05) is 17.1 Å². The van der Waals surface area contributed by atoms with Gasteiger partial charge in [0.1, 0.15) is 5.75 Å². The van der Waals surface area contributed by atoms with Gasteiger partial charge in [0.05, 0.1) is 7.11 Å². The normalized spacial score (nSPS) is 16.9. The van der Waals surface area contributed by atoms with Gasteiger partial charge in [-0.1, -0.05) is 32.1 Å². The van der Waals surface area contributed by atoms with Crippen LogP contribution in [0, 0.1) is 5.92 Å². The molecule has 1 saturated carbocycles. The van der Waals surface area contributed by atoms with Crippen LogP contribution >= 0.6 is 0 Å². The number of aromatic amines is 1. The van der Waals surface area contributed by atoms with Gasteiger partial charge in [-0.2, -0.15) is 0 Å². The van der Waals surface area contributed by atoms with Gasteiger partial charge in [-0.15, -0.1) is 0 Å². The molecule has 0 amide bonds. The Balaban J connectivity index is 1.72. The number of aromatic nitrogens is 1. The van der Waals surface area contributed by atoms with Crippen LogP contribution in [0.4, 0.5) is 0 Å². The summed E-state index contributed by atoms with van der Waals surface area (Å²) in [4.78, 5) is 3.37. The van der Waals surface area contributed by atoms with Crippen molar-refractivity contribution in [3.8, 4) is 5.75 Å². The van der Waals surface area contributed by atoms with Gasteiger partial charge in [0.25, 0.3) is 0 Å². The standard InChI is InChI=1S/C17H23NO/c1-19-15-9-10-17-16(11-15)14(12-18-17)8-7-13-5-3-2-4-6-13/h9-13,18H,2-8H2,1H3. The van der Waals surface area contributed by atoms with Gasteiger partial charge in [-0.05, 0) is 42.5 Å². The van der Waals surface area contributed by atoms with Gasteiger partial charge in [0.15, 0.2) is 0 Å². The van der Waals surface area contributed by atoms with Crippen molar-refractivity contribution in [2.24, 2.45) is 5.92 Å². The summed E-state index contributed by atoms with van der Waals surface area (Å²) in [6.07, 6.45) is 11.9. The number of H-pyrrole nitrogens is 1. The highest BCUT2D eigenvalue weighted by Crippen LogP contribution is 2.30. The third-order valence-electron chi connectivity index (χ3n) is 4.52. The Labute approximate surface area is 115 Å². The monoisotopic (exact) mass is 257 g/mol. The minimum atomic E-state index is 0.948. The molecule has 0 atom stereocenters. The van der Waals surface area contributed by atoms with E-state index in [-0.39, 0.29) is 0 Å². The van der Waals surface area contributed by atoms with E-state index in [2.05, 4.69) is 23.3 Å². The molecule has 3 rings (SSSR count). The fraction of sp³-hybridized carbons (Fsp3) is 0.529. The Hall–Kier alpha value is -1.44. The number of hydrogen-bond donors (Lipinski definition) is 1. The maximum absolute atomic E-state index is 5.33. The first-order valence-electron chi connectivity index (χ1n) is 7.51. The number of hydrogen-bond acceptors (Lipinski definition) is 1. The van der Waals surface area contributed by atoms with Crippen molar-refractivity contribution < 1.29 is 4.74 Å². The summed E-state index contributed by atoms with van der Waals surface area (Å²) in [7, 11) is 1.73. The van der Waals surface area contributed by atoms with Gasteiger partial charge in [-0.25, -0.2) is 0 Å². The van der Waals surface area contributed by atoms with Crippen LogP contribution < -0.4 is 4.74 Å². The van der Waals surface area contributed by atoms with E-state index in [4.69, 9.17) is 4.74 Å². The fourth-order valence-corrected chi connectivity index (χ4v) is 3.33. The molecule has 1 aromatic heterocycles. The average Bonchev–Trinajstić information content (AvgIpc) is 2.88. The Morgan fingerprint density at radius 3 is 2.84 bits per heavy atom. The van der Waals surface area contributed by atoms with Crippen LogP contribution in [0.15, 0.2) is 24.4 Å². The largest absolute Gasteiger partial charge is 0.497 e. The SMILES string of the molecule is COc1ccc2[nH]cc(CCC3CCCCC3)c2c1. The van der Waals surface area contributed by atoms with E-state index in [9.17, 15) is 0 Å². The van der Waals surface area contributed by atoms with E-state index in [1.165, 1.54) is 61.4 Å². The lowest BCUT2D eigenvalue weighted by molar-refractivity contribution is 0.339. The summed E-state index contributed by atoms with van der Waals surface area (Å²) in [5.74, 6) is 1.90. The molecule has 102 valence electrons. The van der Waals surface area contributed by atoms with Crippen LogP contribution in [0.3, 0.4) is 0 Å². The highest BCUT2D eigenvalue weighted by molar-refractivity contribution is 5.84. The molecule has 1 aliphatic rings. The van der Waals surface area contributed by atoms with Crippen LogP contribution in [0.5, 0.6) is 5.75 Å². The molecule has 0 unspecified atom stereocenters. The van der Waals surface area contributed by atoms with Crippen LogP contribution in [-0.4, -0.2) is 12.1 Å². The van der Waals surface area contributed by atoms with E-state index in [1.807, 2.05) is 6.07 Å². The van der Waals surface area contributed by atoms with Crippen LogP contribution in [-0.2, 0) is 6.42 Å². The lowest BCUT2D eigenvalue weighted by Crippen LogP contribution is -2.07. The number of fused-ring (bicyclic) bond motifs is 1. The molecule has 0 aliphatic heterocycles. The van der Waals surface area contributed by atoms with Crippen molar-refractivity contribution in [1.82, 2.24) is 4.98 Å². The second kappa shape index (κ2) is 5.68. The molecule has 1 N–H and O–H groups in total. The first kappa shape index (κ1) is 12.6. The molecule has 0 bridgehead atoms. The van der Waals surface area contributed by atoms with Crippen molar-refractivity contribution in [3.05, 3.63) is 30.0 Å². The number of ether oxygens (including phenoxy) is 1. The summed E-state index contributed by atoms with van der Waals surface area (Å²) < 4.78 is 5.33. The zero-order chi connectivity index (χ0) is 13.1. The molecule has 0 spiro atoms. The van der Waals surface area contributed by atoms with E-state index >= 15 is 0 Å². The summed E-state index contributed by atoms with van der Waals surface area (Å²) in [5.41, 5.74) is 2.67. The molecule has 2 nitrogen and oxygen atoms in total. The minimum Gasteiger partial charge on any atom is -0.497 e. The summed E-state index contributed by atoms with van der Waals surface area (Å²) >= 11 is 0. The molecule has 1 aliphatic carbocycles. The van der Waals surface area contributed by atoms with Crippen molar-refractivity contribution in [2.45, 2.75) is 44.9 Å². The number of nitrogens with one attached hydrogen (secondary N) is 1. The maximum Gasteiger partial charge on any atom is 0.119 e. The lowest BCUT2D eigenvalue weighted by atomic mass is 9.85. The highest BCUT2D eigenvalue weighted by atomic mass is 16.5. The maximum atomic E-state index is 5.33. The third kappa shape index (κ3) is 2.78. The molecular weight excluding hydrogens is 234 g/mol. The van der Waals surface area contributed by atoms with E-state index in [1.54, 1.807) is 7.11 Å². The molecule has 1 heterocycles. The van der Waals surface area contributed by atoms with Gasteiger partial charge < -0.3 is 9.72 Å². The molecule has 0 saturated heterocycles. The summed E-state index contributed by atoms with van der Waals surface area (Å²) in [5, 5.41) is 1.33. The van der Waals surface area contributed by atoms with Crippen molar-refractivity contribution in [2.75, 3.05) is 7.11 Å². The fourth-order valence-electron chi connectivity index (χ4n) is 3.33. The average molecular weight is 257 g/mol. The Morgan fingerprint density at radius 2 is 2.05 bits per heavy atom. The topological polar surface area (TPSA) is 25.0 Å². The second-order valence-corrected chi connectivity index (χ2v) is 5.77. The number of benzene rings is 1. The molecule has 2 aromatic rings. The first-order valence-corrected chi connectivity index (χ1v) is 7.51. The predicted molar refractivity (Wildman–Crippen MR) is 79.7 cm³/mol. The molecule has 2 heteroatoms.